The van der Waals surface area contributed by atoms with Crippen LogP contribution in [-0.4, -0.2) is 59.6 Å². The molecule has 2 aliphatic rings. The van der Waals surface area contributed by atoms with Crippen molar-refractivity contribution in [3.8, 4) is 0 Å². The number of rotatable bonds is 3. The maximum atomic E-state index is 12.8. The molecule has 0 unspecified atom stereocenters. The van der Waals surface area contributed by atoms with Crippen LogP contribution in [0.15, 0.2) is 41.4 Å². The van der Waals surface area contributed by atoms with E-state index in [2.05, 4.69) is 22.0 Å². The van der Waals surface area contributed by atoms with Crippen LogP contribution < -0.4 is 0 Å². The van der Waals surface area contributed by atoms with E-state index in [1.807, 2.05) is 34.1 Å². The van der Waals surface area contributed by atoms with E-state index in [9.17, 15) is 4.79 Å². The van der Waals surface area contributed by atoms with Gasteiger partial charge >= 0.3 is 0 Å². The predicted molar refractivity (Wildman–Crippen MR) is 97.6 cm³/mol. The Morgan fingerprint density at radius 2 is 2.16 bits per heavy atom. The summed E-state index contributed by atoms with van der Waals surface area (Å²) in [4.78, 5) is 21.4. The van der Waals surface area contributed by atoms with E-state index in [1.54, 1.807) is 11.3 Å². The van der Waals surface area contributed by atoms with Crippen LogP contribution in [0.25, 0.3) is 0 Å². The molecule has 2 atom stereocenters. The molecule has 0 spiro atoms. The molecule has 2 aromatic rings. The standard InChI is InChI=1S/C19H23N3O2S/c23-19(17-4-10-25-14-17)22-7-3-16-13-24-9-8-21(18(16)12-22)11-15-1-5-20-6-2-15/h1-2,4-6,10,14,16,18H,3,7-9,11-13H2/t16-,18-/m1/s1. The van der Waals surface area contributed by atoms with Crippen molar-refractivity contribution in [1.82, 2.24) is 14.8 Å². The van der Waals surface area contributed by atoms with Crippen molar-refractivity contribution in [1.29, 1.82) is 0 Å². The van der Waals surface area contributed by atoms with Gasteiger partial charge in [-0.25, -0.2) is 0 Å². The summed E-state index contributed by atoms with van der Waals surface area (Å²) < 4.78 is 5.84. The van der Waals surface area contributed by atoms with Gasteiger partial charge in [0.15, 0.2) is 0 Å². The third kappa shape index (κ3) is 3.76. The van der Waals surface area contributed by atoms with Crippen molar-refractivity contribution < 1.29 is 9.53 Å². The fraction of sp³-hybridized carbons (Fsp3) is 0.474. The molecule has 0 saturated carbocycles. The minimum Gasteiger partial charge on any atom is -0.380 e. The maximum absolute atomic E-state index is 12.8. The van der Waals surface area contributed by atoms with Crippen LogP contribution in [0.5, 0.6) is 0 Å². The fourth-order valence-electron chi connectivity index (χ4n) is 3.84. The van der Waals surface area contributed by atoms with E-state index in [0.717, 1.165) is 51.4 Å². The van der Waals surface area contributed by atoms with Gasteiger partial charge in [-0.3, -0.25) is 14.7 Å². The van der Waals surface area contributed by atoms with E-state index < -0.39 is 0 Å². The Bertz CT molecular complexity index is 692. The monoisotopic (exact) mass is 357 g/mol. The lowest BCUT2D eigenvalue weighted by molar-refractivity contribution is 0.0371. The van der Waals surface area contributed by atoms with Gasteiger partial charge in [0.2, 0.25) is 0 Å². The predicted octanol–water partition coefficient (Wildman–Crippen LogP) is 2.51. The first kappa shape index (κ1) is 16.7. The van der Waals surface area contributed by atoms with Crippen LogP contribution in [0.3, 0.4) is 0 Å². The van der Waals surface area contributed by atoms with Crippen molar-refractivity contribution in [2.45, 2.75) is 19.0 Å². The number of aromatic nitrogens is 1. The van der Waals surface area contributed by atoms with Crippen molar-refractivity contribution in [3.05, 3.63) is 52.5 Å². The largest absolute Gasteiger partial charge is 0.380 e. The molecule has 0 aromatic carbocycles. The summed E-state index contributed by atoms with van der Waals surface area (Å²) in [5.74, 6) is 0.657. The summed E-state index contributed by atoms with van der Waals surface area (Å²) in [6.45, 7) is 4.96. The van der Waals surface area contributed by atoms with Gasteiger partial charge in [-0.05, 0) is 35.6 Å². The summed E-state index contributed by atoms with van der Waals surface area (Å²) in [6.07, 6.45) is 4.69. The van der Waals surface area contributed by atoms with Crippen molar-refractivity contribution in [2.75, 3.05) is 32.8 Å². The summed E-state index contributed by atoms with van der Waals surface area (Å²) in [5, 5.41) is 3.91. The number of nitrogens with zero attached hydrogens (tertiary/aromatic N) is 3. The molecule has 2 aromatic heterocycles. The molecule has 2 saturated heterocycles. The molecule has 1 amide bonds. The van der Waals surface area contributed by atoms with Crippen LogP contribution in [0.2, 0.25) is 0 Å². The molecule has 4 rings (SSSR count). The molecule has 0 aliphatic carbocycles. The molecule has 2 aliphatic heterocycles. The smallest absolute Gasteiger partial charge is 0.254 e. The molecule has 4 heterocycles. The summed E-state index contributed by atoms with van der Waals surface area (Å²) >= 11 is 1.58. The number of carbonyl (C=O) groups excluding carboxylic acids is 1. The summed E-state index contributed by atoms with van der Waals surface area (Å²) in [7, 11) is 0. The average molecular weight is 357 g/mol. The minimum absolute atomic E-state index is 0.161. The zero-order chi connectivity index (χ0) is 17.1. The molecular weight excluding hydrogens is 334 g/mol. The number of ether oxygens (including phenoxy) is 1. The number of thiophene rings is 1. The van der Waals surface area contributed by atoms with Gasteiger partial charge in [0.05, 0.1) is 18.8 Å². The lowest BCUT2D eigenvalue weighted by atomic mass is 9.90. The fourth-order valence-corrected chi connectivity index (χ4v) is 4.47. The zero-order valence-corrected chi connectivity index (χ0v) is 15.0. The second-order valence-electron chi connectivity index (χ2n) is 6.78. The quantitative estimate of drug-likeness (QED) is 0.847. The van der Waals surface area contributed by atoms with Crippen LogP contribution in [-0.2, 0) is 11.3 Å². The highest BCUT2D eigenvalue weighted by Gasteiger charge is 2.37. The lowest BCUT2D eigenvalue weighted by Gasteiger charge is -2.42. The average Bonchev–Trinajstić information content (AvgIpc) is 3.12. The van der Waals surface area contributed by atoms with Gasteiger partial charge in [-0.2, -0.15) is 11.3 Å². The first-order chi connectivity index (χ1) is 12.3. The Labute approximate surface area is 152 Å². The summed E-state index contributed by atoms with van der Waals surface area (Å²) in [5.41, 5.74) is 2.07. The Kier molecular flexibility index (Phi) is 5.10. The normalized spacial score (nSPS) is 24.6. The van der Waals surface area contributed by atoms with E-state index in [4.69, 9.17) is 4.74 Å². The highest BCUT2D eigenvalue weighted by Crippen LogP contribution is 2.27. The van der Waals surface area contributed by atoms with Gasteiger partial charge in [0, 0.05) is 55.9 Å². The Hall–Kier alpha value is -1.76. The van der Waals surface area contributed by atoms with Gasteiger partial charge < -0.3 is 9.64 Å². The van der Waals surface area contributed by atoms with Gasteiger partial charge in [-0.1, -0.05) is 0 Å². The zero-order valence-electron chi connectivity index (χ0n) is 14.2. The van der Waals surface area contributed by atoms with Crippen LogP contribution >= 0.6 is 11.3 Å². The lowest BCUT2D eigenvalue weighted by Crippen LogP contribution is -2.54. The van der Waals surface area contributed by atoms with E-state index in [0.29, 0.717) is 12.0 Å². The number of hydrogen-bond acceptors (Lipinski definition) is 5. The highest BCUT2D eigenvalue weighted by atomic mass is 32.1. The summed E-state index contributed by atoms with van der Waals surface area (Å²) in [6, 6.07) is 6.41. The number of amides is 1. The number of pyridine rings is 1. The van der Waals surface area contributed by atoms with Crippen LogP contribution in [0, 0.1) is 5.92 Å². The third-order valence-corrected chi connectivity index (χ3v) is 5.92. The first-order valence-electron chi connectivity index (χ1n) is 8.83. The van der Waals surface area contributed by atoms with Crippen molar-refractivity contribution in [2.24, 2.45) is 5.92 Å². The molecule has 6 heteroatoms. The van der Waals surface area contributed by atoms with Crippen LogP contribution in [0.1, 0.15) is 22.3 Å². The Morgan fingerprint density at radius 1 is 1.28 bits per heavy atom. The Morgan fingerprint density at radius 3 is 2.96 bits per heavy atom. The van der Waals surface area contributed by atoms with Gasteiger partial charge in [0.25, 0.3) is 5.91 Å². The van der Waals surface area contributed by atoms with Crippen molar-refractivity contribution in [3.63, 3.8) is 0 Å². The minimum atomic E-state index is 0.161. The molecule has 25 heavy (non-hydrogen) atoms. The molecule has 132 valence electrons. The number of hydrogen-bond donors (Lipinski definition) is 0. The van der Waals surface area contributed by atoms with Gasteiger partial charge in [0.1, 0.15) is 0 Å². The molecular formula is C19H23N3O2S. The number of fused-ring (bicyclic) bond motifs is 1. The molecule has 2 fully saturated rings. The SMILES string of the molecule is O=C(c1ccsc1)N1CC[C@@H]2COCCN(Cc3ccncc3)[C@@H]2C1. The molecule has 5 nitrogen and oxygen atoms in total. The maximum Gasteiger partial charge on any atom is 0.254 e. The number of carbonyl (C=O) groups is 1. The molecule has 0 bridgehead atoms. The topological polar surface area (TPSA) is 45.7 Å². The van der Waals surface area contributed by atoms with Gasteiger partial charge in [-0.15, -0.1) is 0 Å². The molecule has 0 radical (unpaired) electrons. The second-order valence-corrected chi connectivity index (χ2v) is 7.56. The van der Waals surface area contributed by atoms with E-state index >= 15 is 0 Å². The highest BCUT2D eigenvalue weighted by molar-refractivity contribution is 7.08. The van der Waals surface area contributed by atoms with E-state index in [-0.39, 0.29) is 5.91 Å². The third-order valence-electron chi connectivity index (χ3n) is 5.24. The first-order valence-corrected chi connectivity index (χ1v) is 9.78. The second kappa shape index (κ2) is 7.64. The Balaban J connectivity index is 1.51. The number of piperidine rings is 1. The van der Waals surface area contributed by atoms with Crippen molar-refractivity contribution >= 4 is 17.2 Å². The van der Waals surface area contributed by atoms with E-state index in [1.165, 1.54) is 5.56 Å². The molecule has 0 N–H and O–H groups in total. The van der Waals surface area contributed by atoms with Crippen LogP contribution in [0.4, 0.5) is 0 Å². The number of likely N-dealkylation sites (tertiary alicyclic amines) is 1.